The van der Waals surface area contributed by atoms with E-state index in [-0.39, 0.29) is 5.56 Å². The van der Waals surface area contributed by atoms with Gasteiger partial charge in [0.25, 0.3) is 5.56 Å². The Morgan fingerprint density at radius 1 is 1.29 bits per heavy atom. The number of nitriles is 1. The molecule has 0 aliphatic heterocycles. The maximum absolute atomic E-state index is 11.1. The molecule has 1 radical (unpaired) electrons. The van der Waals surface area contributed by atoms with Gasteiger partial charge in [0.05, 0.1) is 0 Å². The summed E-state index contributed by atoms with van der Waals surface area (Å²) < 4.78 is 0. The molecular formula is C10H7N2OSe. The number of nitrogens with zero attached hydrogens (tertiary/aromatic N) is 1. The molecule has 3 nitrogen and oxygen atoms in total. The largest absolute Gasteiger partial charge is 0.329 e. The summed E-state index contributed by atoms with van der Waals surface area (Å²) in [5.74, 6) is 0. The van der Waals surface area contributed by atoms with Gasteiger partial charge < -0.3 is 4.98 Å². The standard InChI is InChI=1S/C9H7NO.CNSe/c11-9-8-4-2-1-3-7(8)5-6-10-9;2-1-3/h1-6H,(H,10,11);. The predicted molar refractivity (Wildman–Crippen MR) is 55.9 cm³/mol. The Hall–Kier alpha value is -1.56. The number of hydrogen-bond donors (Lipinski definition) is 1. The van der Waals surface area contributed by atoms with Crippen LogP contribution >= 0.6 is 0 Å². The van der Waals surface area contributed by atoms with E-state index >= 15 is 0 Å². The maximum atomic E-state index is 11.1. The molecule has 0 aliphatic rings. The molecule has 1 aromatic carbocycles. The molecule has 0 atom stereocenters. The Kier molecular flexibility index (Phi) is 3.93. The van der Waals surface area contributed by atoms with E-state index in [1.165, 1.54) is 0 Å². The summed E-state index contributed by atoms with van der Waals surface area (Å²) in [6.45, 7) is 0. The Balaban J connectivity index is 0.000000293. The van der Waals surface area contributed by atoms with Crippen molar-refractivity contribution in [2.24, 2.45) is 0 Å². The van der Waals surface area contributed by atoms with Gasteiger partial charge in [-0.05, 0) is 17.5 Å². The molecule has 14 heavy (non-hydrogen) atoms. The number of nitrogens with one attached hydrogen (secondary N) is 1. The number of aromatic amines is 1. The fraction of sp³-hybridized carbons (Fsp3) is 0. The van der Waals surface area contributed by atoms with Crippen molar-refractivity contribution in [1.29, 1.82) is 5.26 Å². The van der Waals surface area contributed by atoms with Gasteiger partial charge >= 0.3 is 26.2 Å². The van der Waals surface area contributed by atoms with E-state index in [1.54, 1.807) is 11.2 Å². The van der Waals surface area contributed by atoms with Crippen LogP contribution in [0.1, 0.15) is 0 Å². The van der Waals surface area contributed by atoms with Crippen LogP contribution in [0, 0.1) is 10.2 Å². The fourth-order valence-corrected chi connectivity index (χ4v) is 1.13. The average molecular weight is 250 g/mol. The topological polar surface area (TPSA) is 56.6 Å². The molecule has 0 fully saturated rings. The molecule has 0 saturated heterocycles. The van der Waals surface area contributed by atoms with Gasteiger partial charge in [0.15, 0.2) is 0 Å². The van der Waals surface area contributed by atoms with Crippen LogP contribution in [0.25, 0.3) is 10.8 Å². The van der Waals surface area contributed by atoms with Crippen LogP contribution in [0.5, 0.6) is 0 Å². The van der Waals surface area contributed by atoms with Gasteiger partial charge in [-0.3, -0.25) is 4.79 Å². The van der Waals surface area contributed by atoms with Crippen LogP contribution in [-0.4, -0.2) is 21.0 Å². The molecule has 4 heteroatoms. The summed E-state index contributed by atoms with van der Waals surface area (Å²) in [6, 6.07) is 9.40. The Bertz CT molecular complexity index is 508. The molecule has 2 aromatic rings. The number of aromatic nitrogens is 1. The van der Waals surface area contributed by atoms with E-state index in [4.69, 9.17) is 5.26 Å². The van der Waals surface area contributed by atoms with E-state index in [0.717, 1.165) is 10.8 Å². The second-order valence-corrected chi connectivity index (χ2v) is 2.87. The van der Waals surface area contributed by atoms with Crippen molar-refractivity contribution in [2.75, 3.05) is 0 Å². The van der Waals surface area contributed by atoms with Crippen molar-refractivity contribution in [1.82, 2.24) is 4.98 Å². The first-order chi connectivity index (χ1) is 6.79. The van der Waals surface area contributed by atoms with E-state index in [0.29, 0.717) is 0 Å². The van der Waals surface area contributed by atoms with Crippen molar-refractivity contribution in [3.63, 3.8) is 0 Å². The van der Waals surface area contributed by atoms with Crippen LogP contribution < -0.4 is 5.56 Å². The van der Waals surface area contributed by atoms with Gasteiger partial charge in [-0.15, -0.1) is 0 Å². The molecule has 0 bridgehead atoms. The maximum Gasteiger partial charge on any atom is 0.255 e. The second-order valence-electron chi connectivity index (χ2n) is 2.49. The zero-order valence-corrected chi connectivity index (χ0v) is 8.94. The molecule has 0 unspecified atom stereocenters. The molecular weight excluding hydrogens is 243 g/mol. The van der Waals surface area contributed by atoms with Crippen molar-refractivity contribution >= 4 is 26.8 Å². The number of rotatable bonds is 0. The fourth-order valence-electron chi connectivity index (χ4n) is 1.13. The molecule has 2 rings (SSSR count). The summed E-state index contributed by atoms with van der Waals surface area (Å²) in [5.41, 5.74) is -0.0249. The van der Waals surface area contributed by atoms with E-state index < -0.39 is 0 Å². The summed E-state index contributed by atoms with van der Waals surface area (Å²) in [6.07, 6.45) is 1.66. The number of H-pyrrole nitrogens is 1. The van der Waals surface area contributed by atoms with Crippen LogP contribution in [0.15, 0.2) is 41.3 Å². The molecule has 1 aromatic heterocycles. The molecule has 0 amide bonds. The van der Waals surface area contributed by atoms with Gasteiger partial charge in [0.2, 0.25) is 0 Å². The van der Waals surface area contributed by atoms with Crippen LogP contribution in [0.3, 0.4) is 0 Å². The third-order valence-electron chi connectivity index (χ3n) is 1.68. The molecule has 69 valence electrons. The Morgan fingerprint density at radius 2 is 1.93 bits per heavy atom. The number of fused-ring (bicyclic) bond motifs is 1. The van der Waals surface area contributed by atoms with Crippen LogP contribution in [0.4, 0.5) is 0 Å². The van der Waals surface area contributed by atoms with Crippen molar-refractivity contribution in [2.45, 2.75) is 0 Å². The quantitative estimate of drug-likeness (QED) is 0.713. The van der Waals surface area contributed by atoms with Gasteiger partial charge in [0.1, 0.15) is 0 Å². The van der Waals surface area contributed by atoms with Crippen molar-refractivity contribution in [3.8, 4) is 4.97 Å². The van der Waals surface area contributed by atoms with Gasteiger partial charge in [-0.2, -0.15) is 0 Å². The minimum absolute atomic E-state index is 0.0249. The SMILES string of the molecule is N#C[Se].O=c1[nH]ccc2ccccc12. The molecule has 1 N–H and O–H groups in total. The smallest absolute Gasteiger partial charge is 0.255 e. The normalized spacial score (nSPS) is 8.50. The van der Waals surface area contributed by atoms with Gasteiger partial charge in [0, 0.05) is 11.6 Å². The van der Waals surface area contributed by atoms with Crippen molar-refractivity contribution in [3.05, 3.63) is 46.9 Å². The third kappa shape index (κ3) is 2.46. The summed E-state index contributed by atoms with van der Waals surface area (Å²) in [4.78, 5) is 15.4. The monoisotopic (exact) mass is 251 g/mol. The van der Waals surface area contributed by atoms with E-state index in [1.807, 2.05) is 30.3 Å². The number of hydrogen-bond acceptors (Lipinski definition) is 2. The number of benzene rings is 1. The van der Waals surface area contributed by atoms with Gasteiger partial charge in [-0.25, -0.2) is 0 Å². The minimum atomic E-state index is -0.0249. The Morgan fingerprint density at radius 3 is 2.57 bits per heavy atom. The van der Waals surface area contributed by atoms with Gasteiger partial charge in [-0.1, -0.05) is 18.2 Å². The third-order valence-corrected chi connectivity index (χ3v) is 1.68. The predicted octanol–water partition coefficient (Wildman–Crippen LogP) is 1.16. The first-order valence-electron chi connectivity index (χ1n) is 3.87. The minimum Gasteiger partial charge on any atom is -0.329 e. The van der Waals surface area contributed by atoms with Crippen LogP contribution in [-0.2, 0) is 0 Å². The first-order valence-corrected chi connectivity index (χ1v) is 4.73. The van der Waals surface area contributed by atoms with E-state index in [9.17, 15) is 4.79 Å². The zero-order valence-electron chi connectivity index (χ0n) is 7.23. The summed E-state index contributed by atoms with van der Waals surface area (Å²) in [7, 11) is 0. The molecule has 0 aliphatic carbocycles. The molecule has 0 saturated carbocycles. The number of pyridine rings is 1. The first kappa shape index (κ1) is 10.5. The molecule has 1 heterocycles. The summed E-state index contributed by atoms with van der Waals surface area (Å²) >= 11 is 2.11. The average Bonchev–Trinajstić information content (AvgIpc) is 2.20. The second kappa shape index (κ2) is 5.23. The van der Waals surface area contributed by atoms with Crippen molar-refractivity contribution < 1.29 is 0 Å². The summed E-state index contributed by atoms with van der Waals surface area (Å²) in [5, 5.41) is 8.99. The zero-order chi connectivity index (χ0) is 10.4. The van der Waals surface area contributed by atoms with E-state index in [2.05, 4.69) is 21.0 Å². The Labute approximate surface area is 89.2 Å². The van der Waals surface area contributed by atoms with Crippen LogP contribution in [0.2, 0.25) is 0 Å². The molecule has 0 spiro atoms.